The SMILES string of the molecule is CN=C1NCC#CC2CC(C)C34CC(O)(C=O)C(C(=O)O)=C3CC2C42CC=CN1C2. The van der Waals surface area contributed by atoms with Crippen LogP contribution in [0.3, 0.4) is 0 Å². The van der Waals surface area contributed by atoms with E-state index < -0.39 is 17.0 Å². The summed E-state index contributed by atoms with van der Waals surface area (Å²) in [5.74, 6) is 6.75. The van der Waals surface area contributed by atoms with Crippen LogP contribution in [0.5, 0.6) is 0 Å². The van der Waals surface area contributed by atoms with Crippen molar-refractivity contribution in [2.24, 2.45) is 33.6 Å². The van der Waals surface area contributed by atoms with E-state index in [-0.39, 0.29) is 35.2 Å². The normalized spacial score (nSPS) is 44.8. The Bertz CT molecular complexity index is 988. The van der Waals surface area contributed by atoms with E-state index >= 15 is 0 Å². The van der Waals surface area contributed by atoms with Crippen molar-refractivity contribution in [1.29, 1.82) is 0 Å². The molecule has 3 aliphatic carbocycles. The molecule has 5 rings (SSSR count). The predicted molar refractivity (Wildman–Crippen MR) is 110 cm³/mol. The van der Waals surface area contributed by atoms with Gasteiger partial charge in [0.25, 0.3) is 0 Å². The third kappa shape index (κ3) is 2.12. The van der Waals surface area contributed by atoms with Gasteiger partial charge >= 0.3 is 5.97 Å². The van der Waals surface area contributed by atoms with Gasteiger partial charge in [-0.2, -0.15) is 0 Å². The summed E-state index contributed by atoms with van der Waals surface area (Å²) in [5.41, 5.74) is -2.09. The lowest BCUT2D eigenvalue weighted by atomic mass is 9.47. The Labute approximate surface area is 175 Å². The van der Waals surface area contributed by atoms with Crippen molar-refractivity contribution in [3.8, 4) is 11.8 Å². The number of nitrogens with one attached hydrogen (secondary N) is 1. The van der Waals surface area contributed by atoms with Gasteiger partial charge in [0.2, 0.25) is 0 Å². The van der Waals surface area contributed by atoms with E-state index in [9.17, 15) is 19.8 Å². The molecule has 2 fully saturated rings. The average molecular weight is 409 g/mol. The number of allylic oxidation sites excluding steroid dienone is 2. The monoisotopic (exact) mass is 409 g/mol. The highest BCUT2D eigenvalue weighted by Gasteiger charge is 2.74. The number of aliphatic carboxylic acids is 1. The minimum atomic E-state index is -1.94. The Hall–Kier alpha value is -2.59. The second-order valence-corrected chi connectivity index (χ2v) is 9.50. The number of aliphatic hydroxyl groups is 1. The van der Waals surface area contributed by atoms with Crippen LogP contribution in [-0.2, 0) is 9.59 Å². The molecule has 0 radical (unpaired) electrons. The van der Waals surface area contributed by atoms with E-state index in [1.807, 2.05) is 6.20 Å². The van der Waals surface area contributed by atoms with E-state index in [2.05, 4.69) is 40.0 Å². The summed E-state index contributed by atoms with van der Waals surface area (Å²) >= 11 is 0. The lowest BCUT2D eigenvalue weighted by molar-refractivity contribution is -0.140. The Balaban J connectivity index is 1.79. The molecule has 30 heavy (non-hydrogen) atoms. The van der Waals surface area contributed by atoms with Crippen LogP contribution in [-0.4, -0.2) is 59.1 Å². The summed E-state index contributed by atoms with van der Waals surface area (Å²) in [6.07, 6.45) is 6.96. The molecule has 5 aliphatic rings. The zero-order valence-corrected chi connectivity index (χ0v) is 17.3. The lowest BCUT2D eigenvalue weighted by Gasteiger charge is -2.59. The second kappa shape index (κ2) is 6.21. The topological polar surface area (TPSA) is 102 Å². The van der Waals surface area contributed by atoms with Crippen LogP contribution >= 0.6 is 0 Å². The van der Waals surface area contributed by atoms with E-state index in [1.165, 1.54) is 0 Å². The fourth-order valence-corrected chi connectivity index (χ4v) is 7.59. The van der Waals surface area contributed by atoms with E-state index in [4.69, 9.17) is 0 Å². The first-order valence-electron chi connectivity index (χ1n) is 10.6. The maximum Gasteiger partial charge on any atom is 0.334 e. The van der Waals surface area contributed by atoms with Gasteiger partial charge in [-0.05, 0) is 43.1 Å². The zero-order chi connectivity index (χ0) is 21.3. The van der Waals surface area contributed by atoms with Crippen molar-refractivity contribution in [2.45, 2.75) is 38.2 Å². The first kappa shape index (κ1) is 19.4. The molecule has 0 aromatic carbocycles. The van der Waals surface area contributed by atoms with Gasteiger partial charge in [-0.25, -0.2) is 4.79 Å². The smallest absolute Gasteiger partial charge is 0.334 e. The summed E-state index contributed by atoms with van der Waals surface area (Å²) in [5, 5.41) is 24.5. The Morgan fingerprint density at radius 2 is 2.27 bits per heavy atom. The molecule has 2 heterocycles. The number of carbonyl (C=O) groups excluding carboxylic acids is 1. The Kier molecular flexibility index (Phi) is 4.01. The summed E-state index contributed by atoms with van der Waals surface area (Å²) in [6, 6.07) is 0. The van der Waals surface area contributed by atoms with E-state index in [0.717, 1.165) is 24.4 Å². The molecular formula is C23H27N3O4. The summed E-state index contributed by atoms with van der Waals surface area (Å²) in [4.78, 5) is 30.7. The number of carboxylic acid groups (broad SMARTS) is 1. The van der Waals surface area contributed by atoms with Crippen LogP contribution < -0.4 is 5.32 Å². The number of nitrogens with zero attached hydrogens (tertiary/aromatic N) is 2. The standard InChI is InChI=1S/C23H27N3O4/c1-14-9-15-5-3-7-25-20(24-2)26-8-4-6-21(12-26)16(15)10-17-18(19(28)29)22(30,13-27)11-23(14,17)21/h4,8,13-16,30H,6-7,9-12H2,1-2H3,(H,24,25)(H,28,29). The molecule has 6 unspecified atom stereocenters. The molecule has 6 atom stereocenters. The fraction of sp³-hybridized carbons (Fsp3) is 0.609. The number of hydrogen-bond donors (Lipinski definition) is 3. The molecule has 2 spiro atoms. The fourth-order valence-electron chi connectivity index (χ4n) is 7.59. The molecule has 3 N–H and O–H groups in total. The zero-order valence-electron chi connectivity index (χ0n) is 17.3. The highest BCUT2D eigenvalue weighted by atomic mass is 16.4. The highest BCUT2D eigenvalue weighted by Crippen LogP contribution is 2.76. The molecule has 0 aromatic heterocycles. The number of guanidine groups is 1. The Morgan fingerprint density at radius 1 is 1.47 bits per heavy atom. The third-order valence-corrected chi connectivity index (χ3v) is 8.51. The van der Waals surface area contributed by atoms with E-state index in [1.54, 1.807) is 7.05 Å². The summed E-state index contributed by atoms with van der Waals surface area (Å²) < 4.78 is 0. The lowest BCUT2D eigenvalue weighted by Crippen LogP contribution is -2.60. The van der Waals surface area contributed by atoms with Crippen molar-refractivity contribution >= 4 is 18.2 Å². The van der Waals surface area contributed by atoms with Crippen LogP contribution in [0.15, 0.2) is 28.4 Å². The molecule has 2 aliphatic heterocycles. The molecule has 0 amide bonds. The molecule has 0 saturated heterocycles. The van der Waals surface area contributed by atoms with E-state index in [0.29, 0.717) is 25.8 Å². The minimum Gasteiger partial charge on any atom is -0.478 e. The van der Waals surface area contributed by atoms with Gasteiger partial charge in [-0.15, -0.1) is 0 Å². The second-order valence-electron chi connectivity index (χ2n) is 9.50. The summed E-state index contributed by atoms with van der Waals surface area (Å²) in [7, 11) is 1.74. The predicted octanol–water partition coefficient (Wildman–Crippen LogP) is 1.16. The van der Waals surface area contributed by atoms with Crippen LogP contribution in [0.4, 0.5) is 0 Å². The van der Waals surface area contributed by atoms with Crippen LogP contribution in [0.2, 0.25) is 0 Å². The molecule has 2 saturated carbocycles. The minimum absolute atomic E-state index is 0.0849. The number of fused-ring (bicyclic) bond motifs is 1. The Morgan fingerprint density at radius 3 is 2.97 bits per heavy atom. The third-order valence-electron chi connectivity index (χ3n) is 8.51. The summed E-state index contributed by atoms with van der Waals surface area (Å²) in [6.45, 7) is 3.33. The van der Waals surface area contributed by atoms with Gasteiger partial charge in [-0.1, -0.05) is 24.8 Å². The van der Waals surface area contributed by atoms with Gasteiger partial charge in [0.05, 0.1) is 12.1 Å². The van der Waals surface area contributed by atoms with Gasteiger partial charge in [0.15, 0.2) is 17.8 Å². The van der Waals surface area contributed by atoms with Crippen LogP contribution in [0.25, 0.3) is 0 Å². The van der Waals surface area contributed by atoms with Gasteiger partial charge in [-0.3, -0.25) is 9.79 Å². The highest BCUT2D eigenvalue weighted by molar-refractivity contribution is 5.98. The maximum absolute atomic E-state index is 12.3. The van der Waals surface area contributed by atoms with Crippen molar-refractivity contribution in [3.05, 3.63) is 23.4 Å². The average Bonchev–Trinajstić information content (AvgIpc) is 3.08. The number of aliphatic imine (C=N–C) groups is 1. The first-order valence-corrected chi connectivity index (χ1v) is 10.6. The largest absolute Gasteiger partial charge is 0.478 e. The number of carboxylic acids is 1. The van der Waals surface area contributed by atoms with Crippen molar-refractivity contribution in [2.75, 3.05) is 20.1 Å². The molecular weight excluding hydrogens is 382 g/mol. The number of rotatable bonds is 2. The van der Waals surface area contributed by atoms with Crippen LogP contribution in [0, 0.1) is 40.4 Å². The number of aldehydes is 1. The quantitative estimate of drug-likeness (QED) is 0.467. The van der Waals surface area contributed by atoms with Gasteiger partial charge in [0.1, 0.15) is 0 Å². The molecule has 7 nitrogen and oxygen atoms in total. The van der Waals surface area contributed by atoms with Crippen molar-refractivity contribution in [1.82, 2.24) is 10.2 Å². The van der Waals surface area contributed by atoms with Crippen molar-refractivity contribution < 1.29 is 19.8 Å². The molecule has 0 aromatic rings. The van der Waals surface area contributed by atoms with Crippen molar-refractivity contribution in [3.63, 3.8) is 0 Å². The maximum atomic E-state index is 12.3. The van der Waals surface area contributed by atoms with Gasteiger partial charge < -0.3 is 20.4 Å². The first-order chi connectivity index (χ1) is 14.3. The molecule has 7 heteroatoms. The van der Waals surface area contributed by atoms with Crippen LogP contribution in [0.1, 0.15) is 32.6 Å². The number of carbonyl (C=O) groups is 2. The molecule has 158 valence electrons. The number of hydrogen-bond acceptors (Lipinski definition) is 4. The van der Waals surface area contributed by atoms with Gasteiger partial charge in [0, 0.05) is 36.5 Å². The molecule has 5 bridgehead atoms.